The molecule has 0 aromatic carbocycles. The highest BCUT2D eigenvalue weighted by Gasteiger charge is 2.21. The van der Waals surface area contributed by atoms with Crippen LogP contribution in [-0.4, -0.2) is 36.5 Å². The molecule has 0 atom stereocenters. The summed E-state index contributed by atoms with van der Waals surface area (Å²) in [5.41, 5.74) is 0.222. The van der Waals surface area contributed by atoms with Crippen LogP contribution in [0.2, 0.25) is 0 Å². The molecule has 0 bridgehead atoms. The Balaban J connectivity index is 2.28. The lowest BCUT2D eigenvalue weighted by molar-refractivity contribution is 0.0686. The van der Waals surface area contributed by atoms with Gasteiger partial charge in [0.1, 0.15) is 0 Å². The number of carbonyl (C=O) groups excluding carboxylic acids is 1. The number of halogens is 1. The third-order valence-corrected chi connectivity index (χ3v) is 3.23. The van der Waals surface area contributed by atoms with Crippen molar-refractivity contribution in [2.45, 2.75) is 13.5 Å². The second-order valence-corrected chi connectivity index (χ2v) is 4.83. The molecule has 8 nitrogen and oxygen atoms in total. The normalized spacial score (nSPS) is 10.6. The summed E-state index contributed by atoms with van der Waals surface area (Å²) in [6.45, 7) is 2.52. The van der Waals surface area contributed by atoms with Gasteiger partial charge < -0.3 is 10.4 Å². The lowest BCUT2D eigenvalue weighted by Gasteiger charge is -2.03. The fourth-order valence-electron chi connectivity index (χ4n) is 1.68. The molecular formula is C11H12BrN5O3. The van der Waals surface area contributed by atoms with E-state index < -0.39 is 11.9 Å². The molecular weight excluding hydrogens is 330 g/mol. The van der Waals surface area contributed by atoms with E-state index in [2.05, 4.69) is 31.4 Å². The van der Waals surface area contributed by atoms with E-state index in [-0.39, 0.29) is 17.1 Å². The zero-order chi connectivity index (χ0) is 14.9. The van der Waals surface area contributed by atoms with E-state index in [0.717, 1.165) is 0 Å². The number of nitrogens with one attached hydrogen (secondary N) is 1. The molecule has 20 heavy (non-hydrogen) atoms. The maximum Gasteiger partial charge on any atom is 0.356 e. The van der Waals surface area contributed by atoms with Crippen molar-refractivity contribution in [3.63, 3.8) is 0 Å². The molecule has 0 aliphatic heterocycles. The first kappa shape index (κ1) is 14.3. The van der Waals surface area contributed by atoms with Crippen LogP contribution in [0.3, 0.4) is 0 Å². The van der Waals surface area contributed by atoms with Crippen molar-refractivity contribution in [3.8, 4) is 0 Å². The van der Waals surface area contributed by atoms with Crippen LogP contribution in [0.5, 0.6) is 0 Å². The molecule has 2 aromatic heterocycles. The maximum absolute atomic E-state index is 12.1. The van der Waals surface area contributed by atoms with E-state index in [1.807, 2.05) is 6.92 Å². The topological polar surface area (TPSA) is 102 Å². The average Bonchev–Trinajstić information content (AvgIpc) is 2.92. The van der Waals surface area contributed by atoms with Gasteiger partial charge in [-0.05, 0) is 22.9 Å². The van der Waals surface area contributed by atoms with Crippen molar-refractivity contribution >= 4 is 33.5 Å². The molecule has 0 fully saturated rings. The Morgan fingerprint density at radius 3 is 2.75 bits per heavy atom. The van der Waals surface area contributed by atoms with Crippen molar-refractivity contribution in [1.29, 1.82) is 0 Å². The average molecular weight is 342 g/mol. The number of nitrogens with zero attached hydrogens (tertiary/aromatic N) is 4. The van der Waals surface area contributed by atoms with Crippen LogP contribution in [0.4, 0.5) is 5.69 Å². The highest BCUT2D eigenvalue weighted by atomic mass is 79.9. The summed E-state index contributed by atoms with van der Waals surface area (Å²) >= 11 is 3.24. The van der Waals surface area contributed by atoms with E-state index in [1.165, 1.54) is 17.9 Å². The SMILES string of the molecule is CCn1cc(Br)c(C(=O)Nc2cnn(C)c2C(=O)O)n1. The Morgan fingerprint density at radius 1 is 1.50 bits per heavy atom. The Labute approximate surface area is 122 Å². The summed E-state index contributed by atoms with van der Waals surface area (Å²) in [6, 6.07) is 0. The van der Waals surface area contributed by atoms with Gasteiger partial charge >= 0.3 is 5.97 Å². The fourth-order valence-corrected chi connectivity index (χ4v) is 2.17. The smallest absolute Gasteiger partial charge is 0.356 e. The highest BCUT2D eigenvalue weighted by molar-refractivity contribution is 9.10. The number of aryl methyl sites for hydroxylation is 2. The first-order valence-corrected chi connectivity index (χ1v) is 6.53. The fraction of sp³-hybridized carbons (Fsp3) is 0.273. The molecule has 0 unspecified atom stereocenters. The molecule has 2 aromatic rings. The number of carboxylic acid groups (broad SMARTS) is 1. The first-order valence-electron chi connectivity index (χ1n) is 5.73. The minimum Gasteiger partial charge on any atom is -0.476 e. The van der Waals surface area contributed by atoms with Gasteiger partial charge in [0.25, 0.3) is 5.91 Å². The summed E-state index contributed by atoms with van der Waals surface area (Å²) in [7, 11) is 1.49. The number of carbonyl (C=O) groups is 2. The van der Waals surface area contributed by atoms with Gasteiger partial charge in [-0.3, -0.25) is 14.2 Å². The number of carboxylic acids is 1. The minimum absolute atomic E-state index is 0.0932. The van der Waals surface area contributed by atoms with Gasteiger partial charge in [0.05, 0.1) is 16.4 Å². The Bertz CT molecular complexity index is 676. The van der Waals surface area contributed by atoms with Gasteiger partial charge in [-0.25, -0.2) is 4.79 Å². The van der Waals surface area contributed by atoms with Crippen LogP contribution < -0.4 is 5.32 Å². The molecule has 9 heteroatoms. The summed E-state index contributed by atoms with van der Waals surface area (Å²) in [6.07, 6.45) is 2.96. The molecule has 2 heterocycles. The molecule has 0 saturated heterocycles. The summed E-state index contributed by atoms with van der Waals surface area (Å²) in [4.78, 5) is 23.2. The zero-order valence-corrected chi connectivity index (χ0v) is 12.4. The number of anilines is 1. The number of hydrogen-bond donors (Lipinski definition) is 2. The molecule has 0 aliphatic rings. The Hall–Kier alpha value is -2.16. The van der Waals surface area contributed by atoms with Crippen molar-refractivity contribution in [1.82, 2.24) is 19.6 Å². The van der Waals surface area contributed by atoms with Crippen LogP contribution in [0.1, 0.15) is 27.9 Å². The third-order valence-electron chi connectivity index (χ3n) is 2.65. The summed E-state index contributed by atoms with van der Waals surface area (Å²) in [5.74, 6) is -1.67. The van der Waals surface area contributed by atoms with E-state index in [4.69, 9.17) is 5.11 Å². The predicted octanol–water partition coefficient (Wildman–Crippen LogP) is 1.35. The summed E-state index contributed by atoms with van der Waals surface area (Å²) < 4.78 is 3.32. The van der Waals surface area contributed by atoms with E-state index in [9.17, 15) is 9.59 Å². The molecule has 1 amide bonds. The van der Waals surface area contributed by atoms with Crippen LogP contribution in [0.25, 0.3) is 0 Å². The molecule has 106 valence electrons. The van der Waals surface area contributed by atoms with Gasteiger partial charge in [0, 0.05) is 19.8 Å². The Kier molecular flexibility index (Phi) is 3.89. The van der Waals surface area contributed by atoms with Crippen molar-refractivity contribution in [2.75, 3.05) is 5.32 Å². The van der Waals surface area contributed by atoms with E-state index in [0.29, 0.717) is 11.0 Å². The lowest BCUT2D eigenvalue weighted by atomic mass is 10.3. The minimum atomic E-state index is -1.17. The van der Waals surface area contributed by atoms with Gasteiger partial charge in [-0.15, -0.1) is 0 Å². The molecule has 0 saturated carbocycles. The second-order valence-electron chi connectivity index (χ2n) is 3.97. The monoisotopic (exact) mass is 341 g/mol. The molecule has 2 rings (SSSR count). The molecule has 2 N–H and O–H groups in total. The molecule has 0 aliphatic carbocycles. The van der Waals surface area contributed by atoms with Gasteiger partial charge in [0.15, 0.2) is 11.4 Å². The second kappa shape index (κ2) is 5.45. The maximum atomic E-state index is 12.1. The number of rotatable bonds is 4. The highest BCUT2D eigenvalue weighted by Crippen LogP contribution is 2.19. The lowest BCUT2D eigenvalue weighted by Crippen LogP contribution is -2.16. The third kappa shape index (κ3) is 2.57. The van der Waals surface area contributed by atoms with E-state index >= 15 is 0 Å². The number of hydrogen-bond acceptors (Lipinski definition) is 4. The van der Waals surface area contributed by atoms with Crippen LogP contribution >= 0.6 is 15.9 Å². The van der Waals surface area contributed by atoms with Crippen LogP contribution in [-0.2, 0) is 13.6 Å². The molecule has 0 radical (unpaired) electrons. The largest absolute Gasteiger partial charge is 0.476 e. The Morgan fingerprint density at radius 2 is 2.20 bits per heavy atom. The molecule has 0 spiro atoms. The number of aromatic carboxylic acids is 1. The van der Waals surface area contributed by atoms with Gasteiger partial charge in [0.2, 0.25) is 0 Å². The van der Waals surface area contributed by atoms with Crippen LogP contribution in [0.15, 0.2) is 16.9 Å². The zero-order valence-electron chi connectivity index (χ0n) is 10.8. The van der Waals surface area contributed by atoms with Crippen molar-refractivity contribution in [2.24, 2.45) is 7.05 Å². The van der Waals surface area contributed by atoms with Crippen LogP contribution in [0, 0.1) is 0 Å². The van der Waals surface area contributed by atoms with Crippen molar-refractivity contribution < 1.29 is 14.7 Å². The van der Waals surface area contributed by atoms with Gasteiger partial charge in [-0.2, -0.15) is 10.2 Å². The predicted molar refractivity (Wildman–Crippen MR) is 73.7 cm³/mol. The van der Waals surface area contributed by atoms with E-state index in [1.54, 1.807) is 10.9 Å². The van der Waals surface area contributed by atoms with Gasteiger partial charge in [-0.1, -0.05) is 0 Å². The number of amides is 1. The van der Waals surface area contributed by atoms with Crippen molar-refractivity contribution in [3.05, 3.63) is 28.3 Å². The standard InChI is InChI=1S/C11H12BrN5O3/c1-3-17-5-6(12)8(15-17)10(18)14-7-4-13-16(2)9(7)11(19)20/h4-5H,3H2,1-2H3,(H,14,18)(H,19,20). The number of aromatic nitrogens is 4. The first-order chi connectivity index (χ1) is 9.43. The summed E-state index contributed by atoms with van der Waals surface area (Å²) in [5, 5.41) is 19.5. The quantitative estimate of drug-likeness (QED) is 0.873.